The van der Waals surface area contributed by atoms with Crippen LogP contribution in [0, 0.1) is 5.92 Å². The summed E-state index contributed by atoms with van der Waals surface area (Å²) in [5.41, 5.74) is 0.678. The lowest BCUT2D eigenvalue weighted by Crippen LogP contribution is -2.45. The van der Waals surface area contributed by atoms with Crippen LogP contribution < -0.4 is 14.8 Å². The summed E-state index contributed by atoms with van der Waals surface area (Å²) in [5, 5.41) is 4.03. The van der Waals surface area contributed by atoms with Gasteiger partial charge in [0.1, 0.15) is 11.9 Å². The van der Waals surface area contributed by atoms with E-state index in [4.69, 9.17) is 13.9 Å². The number of fused-ring (bicyclic) bond motifs is 1. The van der Waals surface area contributed by atoms with Gasteiger partial charge in [-0.15, -0.1) is 0 Å². The molecule has 4 rings (SSSR count). The highest BCUT2D eigenvalue weighted by Crippen LogP contribution is 2.32. The first-order valence-corrected chi connectivity index (χ1v) is 7.14. The van der Waals surface area contributed by atoms with Crippen LogP contribution in [0.2, 0.25) is 0 Å². The van der Waals surface area contributed by atoms with Crippen molar-refractivity contribution in [2.45, 2.75) is 0 Å². The van der Waals surface area contributed by atoms with Crippen LogP contribution in [-0.2, 0) is 0 Å². The van der Waals surface area contributed by atoms with Crippen LogP contribution in [0.15, 0.2) is 35.3 Å². The maximum atomic E-state index is 5.85. The second-order valence-corrected chi connectivity index (χ2v) is 5.27. The van der Waals surface area contributed by atoms with Gasteiger partial charge in [0.2, 0.25) is 17.6 Å². The first kappa shape index (κ1) is 13.1. The topological polar surface area (TPSA) is 74.3 Å². The minimum Gasteiger partial charge on any atom is -0.480 e. The van der Waals surface area contributed by atoms with Gasteiger partial charge in [0.05, 0.1) is 19.1 Å². The van der Waals surface area contributed by atoms with Crippen molar-refractivity contribution in [3.63, 3.8) is 0 Å². The summed E-state index contributed by atoms with van der Waals surface area (Å²) in [6.45, 7) is 2.62. The Morgan fingerprint density at radius 1 is 1.41 bits per heavy atom. The molecule has 1 saturated heterocycles. The van der Waals surface area contributed by atoms with Crippen molar-refractivity contribution in [1.29, 1.82) is 0 Å². The molecule has 0 bridgehead atoms. The van der Waals surface area contributed by atoms with E-state index in [9.17, 15) is 0 Å². The molecular formula is C15H16N4O3. The SMILES string of the molecule is COc1nc(OCC2CNC2)cc2oc(-n3ccnc3)cc12. The molecule has 7 nitrogen and oxygen atoms in total. The summed E-state index contributed by atoms with van der Waals surface area (Å²) in [5.74, 6) is 2.21. The first-order chi connectivity index (χ1) is 10.8. The van der Waals surface area contributed by atoms with Crippen molar-refractivity contribution in [2.24, 2.45) is 5.92 Å². The zero-order valence-corrected chi connectivity index (χ0v) is 12.2. The largest absolute Gasteiger partial charge is 0.480 e. The number of imidazole rings is 1. The zero-order chi connectivity index (χ0) is 14.9. The van der Waals surface area contributed by atoms with Crippen LogP contribution in [0.4, 0.5) is 0 Å². The minimum absolute atomic E-state index is 0.495. The van der Waals surface area contributed by atoms with Gasteiger partial charge in [-0.05, 0) is 0 Å². The molecule has 7 heteroatoms. The standard InChI is InChI=1S/C15H16N4O3/c1-20-15-11-4-14(19-3-2-16-9-19)22-12(11)5-13(18-15)21-8-10-6-17-7-10/h2-5,9-10,17H,6-8H2,1H3. The van der Waals surface area contributed by atoms with Crippen LogP contribution in [0.1, 0.15) is 0 Å². The minimum atomic E-state index is 0.495. The molecule has 1 aliphatic heterocycles. The number of nitrogens with one attached hydrogen (secondary N) is 1. The van der Waals surface area contributed by atoms with Crippen molar-refractivity contribution in [1.82, 2.24) is 19.9 Å². The normalized spacial score (nSPS) is 15.0. The lowest BCUT2D eigenvalue weighted by Gasteiger charge is -2.26. The highest BCUT2D eigenvalue weighted by Gasteiger charge is 2.19. The highest BCUT2D eigenvalue weighted by atomic mass is 16.5. The monoisotopic (exact) mass is 300 g/mol. The molecule has 1 N–H and O–H groups in total. The van der Waals surface area contributed by atoms with Gasteiger partial charge in [0.15, 0.2) is 0 Å². The predicted molar refractivity (Wildman–Crippen MR) is 79.5 cm³/mol. The van der Waals surface area contributed by atoms with Gasteiger partial charge < -0.3 is 19.2 Å². The lowest BCUT2D eigenvalue weighted by molar-refractivity contribution is 0.192. The maximum absolute atomic E-state index is 5.85. The van der Waals surface area contributed by atoms with Gasteiger partial charge in [-0.3, -0.25) is 4.57 Å². The molecule has 1 fully saturated rings. The molecule has 0 amide bonds. The van der Waals surface area contributed by atoms with E-state index in [2.05, 4.69) is 15.3 Å². The first-order valence-electron chi connectivity index (χ1n) is 7.14. The Morgan fingerprint density at radius 3 is 3.00 bits per heavy atom. The Bertz CT molecular complexity index is 778. The molecule has 3 aromatic rings. The molecular weight excluding hydrogens is 284 g/mol. The Labute approximate surface area is 126 Å². The number of pyridine rings is 1. The quantitative estimate of drug-likeness (QED) is 0.772. The van der Waals surface area contributed by atoms with Crippen molar-refractivity contribution < 1.29 is 13.9 Å². The molecule has 0 unspecified atom stereocenters. The van der Waals surface area contributed by atoms with E-state index in [1.165, 1.54) is 0 Å². The van der Waals surface area contributed by atoms with Gasteiger partial charge in [-0.1, -0.05) is 0 Å². The van der Waals surface area contributed by atoms with E-state index in [-0.39, 0.29) is 0 Å². The van der Waals surface area contributed by atoms with Crippen LogP contribution in [0.5, 0.6) is 11.8 Å². The summed E-state index contributed by atoms with van der Waals surface area (Å²) in [7, 11) is 1.59. The summed E-state index contributed by atoms with van der Waals surface area (Å²) in [6.07, 6.45) is 5.20. The lowest BCUT2D eigenvalue weighted by atomic mass is 10.1. The molecule has 0 radical (unpaired) electrons. The van der Waals surface area contributed by atoms with Gasteiger partial charge in [-0.25, -0.2) is 4.98 Å². The van der Waals surface area contributed by atoms with Gasteiger partial charge in [0, 0.05) is 43.5 Å². The molecule has 0 spiro atoms. The number of ether oxygens (including phenoxy) is 2. The molecule has 0 aromatic carbocycles. The van der Waals surface area contributed by atoms with Crippen LogP contribution >= 0.6 is 0 Å². The van der Waals surface area contributed by atoms with E-state index in [1.54, 1.807) is 30.3 Å². The molecule has 0 aliphatic carbocycles. The Hall–Kier alpha value is -2.54. The fourth-order valence-electron chi connectivity index (χ4n) is 2.39. The maximum Gasteiger partial charge on any atom is 0.227 e. The molecule has 4 heterocycles. The smallest absolute Gasteiger partial charge is 0.227 e. The highest BCUT2D eigenvalue weighted by molar-refractivity contribution is 5.85. The number of nitrogens with zero attached hydrogens (tertiary/aromatic N) is 3. The van der Waals surface area contributed by atoms with Gasteiger partial charge in [-0.2, -0.15) is 4.98 Å². The van der Waals surface area contributed by atoms with Crippen LogP contribution in [-0.4, -0.2) is 41.3 Å². The second kappa shape index (κ2) is 5.34. The third kappa shape index (κ3) is 2.29. The summed E-state index contributed by atoms with van der Waals surface area (Å²) in [4.78, 5) is 8.41. The third-order valence-corrected chi connectivity index (χ3v) is 3.73. The average molecular weight is 300 g/mol. The van der Waals surface area contributed by atoms with E-state index >= 15 is 0 Å². The second-order valence-electron chi connectivity index (χ2n) is 5.27. The molecule has 22 heavy (non-hydrogen) atoms. The number of methoxy groups -OCH3 is 1. The van der Waals surface area contributed by atoms with E-state index in [0.717, 1.165) is 18.5 Å². The average Bonchev–Trinajstić information content (AvgIpc) is 3.13. The van der Waals surface area contributed by atoms with Gasteiger partial charge in [0.25, 0.3) is 0 Å². The summed E-state index contributed by atoms with van der Waals surface area (Å²) < 4.78 is 18.8. The van der Waals surface area contributed by atoms with Crippen LogP contribution in [0.3, 0.4) is 0 Å². The predicted octanol–water partition coefficient (Wildman–Crippen LogP) is 1.62. The van der Waals surface area contributed by atoms with Crippen LogP contribution in [0.25, 0.3) is 16.9 Å². The number of aromatic nitrogens is 3. The fraction of sp³-hybridized carbons (Fsp3) is 0.333. The molecule has 1 aliphatic rings. The van der Waals surface area contributed by atoms with Crippen molar-refractivity contribution in [2.75, 3.05) is 26.8 Å². The van der Waals surface area contributed by atoms with E-state index in [0.29, 0.717) is 35.8 Å². The van der Waals surface area contributed by atoms with E-state index in [1.807, 2.05) is 12.3 Å². The van der Waals surface area contributed by atoms with Crippen molar-refractivity contribution >= 4 is 11.0 Å². The fourth-order valence-corrected chi connectivity index (χ4v) is 2.39. The molecule has 3 aromatic heterocycles. The van der Waals surface area contributed by atoms with Crippen molar-refractivity contribution in [3.05, 3.63) is 30.9 Å². The Kier molecular flexibility index (Phi) is 3.19. The Balaban J connectivity index is 1.67. The number of furan rings is 1. The Morgan fingerprint density at radius 2 is 2.32 bits per heavy atom. The van der Waals surface area contributed by atoms with Crippen molar-refractivity contribution in [3.8, 4) is 17.6 Å². The molecule has 0 atom stereocenters. The molecule has 0 saturated carbocycles. The third-order valence-electron chi connectivity index (χ3n) is 3.73. The summed E-state index contributed by atoms with van der Waals surface area (Å²) >= 11 is 0. The number of hydrogen-bond acceptors (Lipinski definition) is 6. The molecule has 114 valence electrons. The number of hydrogen-bond donors (Lipinski definition) is 1. The zero-order valence-electron chi connectivity index (χ0n) is 12.2. The summed E-state index contributed by atoms with van der Waals surface area (Å²) in [6, 6.07) is 3.67. The van der Waals surface area contributed by atoms with Gasteiger partial charge >= 0.3 is 0 Å². The number of rotatable bonds is 5. The van der Waals surface area contributed by atoms with E-state index < -0.39 is 0 Å².